The van der Waals surface area contributed by atoms with Crippen LogP contribution >= 0.6 is 22.9 Å². The summed E-state index contributed by atoms with van der Waals surface area (Å²) in [6.45, 7) is 2.51. The molecule has 256 valence electrons. The number of rotatable bonds is 8. The minimum atomic E-state index is -0.372. The van der Waals surface area contributed by atoms with Crippen molar-refractivity contribution in [2.75, 3.05) is 19.0 Å². The van der Waals surface area contributed by atoms with Gasteiger partial charge in [-0.2, -0.15) is 0 Å². The number of nitrogens with zero attached hydrogens (tertiary/aromatic N) is 5. The molecule has 1 saturated carbocycles. The number of benzene rings is 2. The van der Waals surface area contributed by atoms with Gasteiger partial charge in [0, 0.05) is 35.1 Å². The van der Waals surface area contributed by atoms with Crippen LogP contribution in [0.5, 0.6) is 5.75 Å². The van der Waals surface area contributed by atoms with Gasteiger partial charge in [0.1, 0.15) is 17.4 Å². The molecule has 7 heterocycles. The van der Waals surface area contributed by atoms with Crippen molar-refractivity contribution in [2.45, 2.75) is 57.0 Å². The monoisotopic (exact) mass is 718 g/mol. The van der Waals surface area contributed by atoms with Crippen molar-refractivity contribution in [3.05, 3.63) is 105 Å². The molecule has 1 spiro atoms. The van der Waals surface area contributed by atoms with Crippen molar-refractivity contribution in [3.63, 3.8) is 0 Å². The highest BCUT2D eigenvalue weighted by Gasteiger charge is 2.65. The number of nitrogens with one attached hydrogen (secondary N) is 1. The number of thiophene rings is 1. The number of carbonyl (C=O) groups is 1. The second kappa shape index (κ2) is 11.3. The summed E-state index contributed by atoms with van der Waals surface area (Å²) in [5.41, 5.74) is 6.63. The Kier molecular flexibility index (Phi) is 6.86. The number of methoxy groups -OCH3 is 1. The third kappa shape index (κ3) is 4.67. The number of aryl methyl sites for hydroxylation is 3. The lowest BCUT2D eigenvalue weighted by atomic mass is 9.71. The minimum Gasteiger partial charge on any atom is -0.496 e. The normalized spacial score (nSPS) is 21.2. The van der Waals surface area contributed by atoms with E-state index in [4.69, 9.17) is 30.7 Å². The van der Waals surface area contributed by atoms with Crippen molar-refractivity contribution in [2.24, 2.45) is 5.92 Å². The predicted octanol–water partition coefficient (Wildman–Crippen LogP) is 8.48. The molecule has 9 nitrogen and oxygen atoms in total. The first-order valence-corrected chi connectivity index (χ1v) is 18.4. The molecule has 1 N–H and O–H groups in total. The summed E-state index contributed by atoms with van der Waals surface area (Å²) >= 11 is 8.10. The molecule has 2 saturated heterocycles. The quantitative estimate of drug-likeness (QED) is 0.167. The molecule has 11 rings (SSSR count). The summed E-state index contributed by atoms with van der Waals surface area (Å²) in [5, 5.41) is 14.0. The second-order valence-corrected chi connectivity index (χ2v) is 15.6. The maximum Gasteiger partial charge on any atom is 0.257 e. The highest BCUT2D eigenvalue weighted by molar-refractivity contribution is 7.23. The molecule has 2 bridgehead atoms. The Morgan fingerprint density at radius 2 is 1.94 bits per heavy atom. The lowest BCUT2D eigenvalue weighted by Crippen LogP contribution is -2.40. The Balaban J connectivity index is 1.14. The number of fused-ring (bicyclic) bond motifs is 3. The van der Waals surface area contributed by atoms with Gasteiger partial charge >= 0.3 is 0 Å². The summed E-state index contributed by atoms with van der Waals surface area (Å²) in [7, 11) is 1.67. The Morgan fingerprint density at radius 3 is 2.73 bits per heavy atom. The highest BCUT2D eigenvalue weighted by atomic mass is 35.5. The van der Waals surface area contributed by atoms with Gasteiger partial charge in [0.2, 0.25) is 11.8 Å². The van der Waals surface area contributed by atoms with Gasteiger partial charge in [0.25, 0.3) is 5.91 Å². The smallest absolute Gasteiger partial charge is 0.257 e. The van der Waals surface area contributed by atoms with Crippen LogP contribution in [0, 0.1) is 18.7 Å². The molecule has 2 aliphatic carbocycles. The van der Waals surface area contributed by atoms with Crippen molar-refractivity contribution < 1.29 is 18.3 Å². The summed E-state index contributed by atoms with van der Waals surface area (Å²) in [5.74, 6) is 2.58. The molecule has 3 aliphatic heterocycles. The van der Waals surface area contributed by atoms with Gasteiger partial charge in [-0.05, 0) is 103 Å². The number of amides is 1. The first-order chi connectivity index (χ1) is 24.8. The predicted molar refractivity (Wildman–Crippen MR) is 193 cm³/mol. The van der Waals surface area contributed by atoms with Gasteiger partial charge in [-0.25, -0.2) is 9.37 Å². The lowest BCUT2D eigenvalue weighted by molar-refractivity contribution is 0.0637. The fourth-order valence-corrected chi connectivity index (χ4v) is 10.3. The molecule has 4 aromatic heterocycles. The van der Waals surface area contributed by atoms with Crippen LogP contribution in [0.15, 0.2) is 59.1 Å². The maximum absolute atomic E-state index is 14.5. The van der Waals surface area contributed by atoms with E-state index >= 15 is 0 Å². The zero-order valence-corrected chi connectivity index (χ0v) is 29.5. The number of aromatic nitrogens is 4. The van der Waals surface area contributed by atoms with Gasteiger partial charge in [0.15, 0.2) is 0 Å². The average Bonchev–Trinajstić information content (AvgIpc) is 3.96. The number of hydrogen-bond donors (Lipinski definition) is 1. The Labute approximate surface area is 301 Å². The fraction of sp³-hybridized carbons (Fsp3) is 0.308. The molecular formula is C39H32ClFN6O3S. The molecule has 3 fully saturated rings. The van der Waals surface area contributed by atoms with E-state index in [9.17, 15) is 9.18 Å². The zero-order chi connectivity index (χ0) is 34.6. The fourth-order valence-electron chi connectivity index (χ4n) is 8.90. The Morgan fingerprint density at radius 1 is 1.10 bits per heavy atom. The highest BCUT2D eigenvalue weighted by Crippen LogP contribution is 2.63. The molecule has 1 amide bonds. The Hall–Kier alpha value is -4.87. The van der Waals surface area contributed by atoms with Crippen molar-refractivity contribution in [1.29, 1.82) is 0 Å². The third-order valence-electron chi connectivity index (χ3n) is 11.2. The van der Waals surface area contributed by atoms with Crippen LogP contribution in [0.2, 0.25) is 5.02 Å². The van der Waals surface area contributed by atoms with Crippen LogP contribution in [-0.4, -0.2) is 44.6 Å². The summed E-state index contributed by atoms with van der Waals surface area (Å²) in [6, 6.07) is 14.6. The van der Waals surface area contributed by atoms with Gasteiger partial charge in [0.05, 0.1) is 45.9 Å². The van der Waals surface area contributed by atoms with Crippen LogP contribution in [-0.2, 0) is 24.8 Å². The number of anilines is 1. The number of carbonyl (C=O) groups excluding carboxylic acids is 1. The number of halogens is 2. The molecule has 12 heteroatoms. The van der Waals surface area contributed by atoms with Crippen LogP contribution in [0.25, 0.3) is 32.0 Å². The molecular weight excluding hydrogens is 687 g/mol. The number of pyridine rings is 2. The molecule has 5 aliphatic rings. The van der Waals surface area contributed by atoms with Crippen LogP contribution in [0.3, 0.4) is 0 Å². The second-order valence-electron chi connectivity index (χ2n) is 14.1. The summed E-state index contributed by atoms with van der Waals surface area (Å²) in [6.07, 6.45) is 6.59. The molecule has 6 aromatic rings. The lowest BCUT2D eigenvalue weighted by Gasteiger charge is -2.37. The van der Waals surface area contributed by atoms with Gasteiger partial charge in [-0.15, -0.1) is 21.5 Å². The number of hydrogen-bond acceptors (Lipinski definition) is 9. The number of ether oxygens (including phenoxy) is 1. The van der Waals surface area contributed by atoms with Crippen LogP contribution in [0.1, 0.15) is 69.6 Å². The van der Waals surface area contributed by atoms with E-state index in [1.165, 1.54) is 12.1 Å². The third-order valence-corrected chi connectivity index (χ3v) is 12.6. The average molecular weight is 719 g/mol. The summed E-state index contributed by atoms with van der Waals surface area (Å²) in [4.78, 5) is 27.6. The molecule has 51 heavy (non-hydrogen) atoms. The van der Waals surface area contributed by atoms with Gasteiger partial charge in [-0.3, -0.25) is 9.78 Å². The van der Waals surface area contributed by atoms with E-state index in [0.29, 0.717) is 46.7 Å². The van der Waals surface area contributed by atoms with Crippen molar-refractivity contribution in [1.82, 2.24) is 25.1 Å². The van der Waals surface area contributed by atoms with E-state index in [2.05, 4.69) is 21.6 Å². The Bertz CT molecular complexity index is 2420. The van der Waals surface area contributed by atoms with Crippen molar-refractivity contribution in [3.8, 4) is 27.6 Å². The van der Waals surface area contributed by atoms with E-state index < -0.39 is 0 Å². The zero-order valence-electron chi connectivity index (χ0n) is 27.9. The topological polar surface area (TPSA) is 106 Å². The first-order valence-electron chi connectivity index (χ1n) is 17.3. The van der Waals surface area contributed by atoms with Gasteiger partial charge in [-0.1, -0.05) is 23.7 Å². The van der Waals surface area contributed by atoms with E-state index in [-0.39, 0.29) is 23.3 Å². The molecule has 0 radical (unpaired) electrons. The molecule has 0 unspecified atom stereocenters. The van der Waals surface area contributed by atoms with Gasteiger partial charge < -0.3 is 19.4 Å². The maximum atomic E-state index is 14.5. The minimum absolute atomic E-state index is 0.0100. The first kappa shape index (κ1) is 30.9. The van der Waals surface area contributed by atoms with Crippen molar-refractivity contribution >= 4 is 44.7 Å². The van der Waals surface area contributed by atoms with Crippen LogP contribution in [0.4, 0.5) is 10.2 Å². The largest absolute Gasteiger partial charge is 0.496 e. The van der Waals surface area contributed by atoms with Crippen LogP contribution < -0.4 is 10.1 Å². The van der Waals surface area contributed by atoms with E-state index in [1.807, 2.05) is 29.3 Å². The molecule has 1 atom stereocenters. The summed E-state index contributed by atoms with van der Waals surface area (Å²) < 4.78 is 26.6. The standard InChI is InChI=1S/C39H32ClFN6O3S/c1-19-45-46-37(50-19)31-28(9-5-20-3-6-24(41)7-4-20)43-35-33(38(48)47-18-21-16-39(35,47)17-21)32(31)30-13-22-11-12-42-36(34(22)51-30)44-27-10-8-25-26(27)14-23(40)15-29(25)49-2/h3-4,6-7,11-15,21,27H,5,8-10,16-18H2,1-2H3,(H,42,44)/t21?,27-,39?/m1/s1. The molecule has 2 aromatic carbocycles. The SMILES string of the molecule is COc1cc(Cl)cc2c1CC[C@H]2Nc1nccc2cc(-c3c4c(nc(CCc5ccc(F)cc5)c3-c3nnc(C)o3)C35CC(CN3C4=O)C5)sc12. The van der Waals surface area contributed by atoms with E-state index in [1.54, 1.807) is 37.5 Å². The van der Waals surface area contributed by atoms with E-state index in [0.717, 1.165) is 92.4 Å².